The zero-order valence-electron chi connectivity index (χ0n) is 31.8. The number of hydrogen-bond acceptors (Lipinski definition) is 10. The summed E-state index contributed by atoms with van der Waals surface area (Å²) in [5, 5.41) is 0. The summed E-state index contributed by atoms with van der Waals surface area (Å²) in [6.45, 7) is 5.80. The molecule has 5 aromatic rings. The second-order valence-electron chi connectivity index (χ2n) is 13.1. The second kappa shape index (κ2) is 17.4. The molecule has 1 fully saturated rings. The fourth-order valence-electron chi connectivity index (χ4n) is 7.08. The van der Waals surface area contributed by atoms with Gasteiger partial charge in [-0.2, -0.15) is 0 Å². The molecule has 3 aromatic carbocycles. The Balaban J connectivity index is 1.17. The second-order valence-corrected chi connectivity index (χ2v) is 13.1. The van der Waals surface area contributed by atoms with Gasteiger partial charge >= 0.3 is 0 Å². The van der Waals surface area contributed by atoms with Gasteiger partial charge in [0.25, 0.3) is 0 Å². The lowest BCUT2D eigenvalue weighted by molar-refractivity contribution is 0.201. The van der Waals surface area contributed by atoms with Gasteiger partial charge in [-0.05, 0) is 90.6 Å². The summed E-state index contributed by atoms with van der Waals surface area (Å²) in [5.41, 5.74) is 8.45. The fraction of sp³-hybridized carbons (Fsp3) is 0.349. The Morgan fingerprint density at radius 3 is 1.64 bits per heavy atom. The molecule has 10 heteroatoms. The van der Waals surface area contributed by atoms with Crippen LogP contribution in [0.15, 0.2) is 85.2 Å². The average Bonchev–Trinajstić information content (AvgIpc) is 3.22. The highest BCUT2D eigenvalue weighted by atomic mass is 16.5. The number of likely N-dealkylation sites (tertiary alicyclic amines) is 1. The predicted molar refractivity (Wildman–Crippen MR) is 209 cm³/mol. The highest BCUT2D eigenvalue weighted by Gasteiger charge is 2.26. The Bertz CT molecular complexity index is 1910. The third kappa shape index (κ3) is 8.44. The maximum Gasteiger partial charge on any atom is 0.203 e. The van der Waals surface area contributed by atoms with Gasteiger partial charge in [-0.3, -0.25) is 14.9 Å². The lowest BCUT2D eigenvalue weighted by Crippen LogP contribution is -2.44. The minimum atomic E-state index is 0.390. The number of rotatable bonds is 15. The van der Waals surface area contributed by atoms with Crippen LogP contribution in [-0.2, 0) is 19.5 Å². The first-order chi connectivity index (χ1) is 25.9. The summed E-state index contributed by atoms with van der Waals surface area (Å²) in [6.07, 6.45) is 6.98. The van der Waals surface area contributed by atoms with Crippen LogP contribution >= 0.6 is 0 Å². The molecule has 0 bridgehead atoms. The molecule has 0 spiro atoms. The van der Waals surface area contributed by atoms with Gasteiger partial charge in [0.1, 0.15) is 0 Å². The highest BCUT2D eigenvalue weighted by Crippen LogP contribution is 2.42. The van der Waals surface area contributed by atoms with Crippen molar-refractivity contribution in [1.29, 1.82) is 0 Å². The van der Waals surface area contributed by atoms with Crippen LogP contribution in [0.2, 0.25) is 0 Å². The van der Waals surface area contributed by atoms with E-state index in [0.717, 1.165) is 73.5 Å². The number of nitrogens with zero attached hydrogens (tertiary/aromatic N) is 4. The standard InChI is InChI=1S/C43H50N4O6/c1-8-29-9-12-34(13-10-29)47(28-31-11-14-36(45-26-31)32-22-38(48-2)42(52-6)39(23-32)49-3)35-16-19-46(20-17-35)27-30-15-18-44-37(21-30)33-24-40(50-4)43(53-7)41(25-33)51-5/h9-15,18,21-26,35H,8,16-17,19-20,27-28H2,1-7H3. The van der Waals surface area contributed by atoms with Crippen molar-refractivity contribution in [3.63, 3.8) is 0 Å². The van der Waals surface area contributed by atoms with Crippen molar-refractivity contribution < 1.29 is 28.4 Å². The van der Waals surface area contributed by atoms with Crippen molar-refractivity contribution in [1.82, 2.24) is 14.9 Å². The minimum Gasteiger partial charge on any atom is -0.493 e. The molecule has 0 aliphatic carbocycles. The van der Waals surface area contributed by atoms with Crippen LogP contribution in [-0.4, -0.2) is 76.7 Å². The predicted octanol–water partition coefficient (Wildman–Crippen LogP) is 8.10. The molecular formula is C43H50N4O6. The van der Waals surface area contributed by atoms with E-state index in [0.29, 0.717) is 40.5 Å². The molecule has 53 heavy (non-hydrogen) atoms. The largest absolute Gasteiger partial charge is 0.493 e. The molecule has 0 amide bonds. The first-order valence-electron chi connectivity index (χ1n) is 18.0. The van der Waals surface area contributed by atoms with E-state index in [-0.39, 0.29) is 0 Å². The van der Waals surface area contributed by atoms with E-state index in [4.69, 9.17) is 33.4 Å². The normalized spacial score (nSPS) is 13.3. The van der Waals surface area contributed by atoms with Gasteiger partial charge in [-0.25, -0.2) is 0 Å². The van der Waals surface area contributed by atoms with Crippen LogP contribution in [0, 0.1) is 0 Å². The quantitative estimate of drug-likeness (QED) is 0.106. The Hall–Kier alpha value is -5.48. The van der Waals surface area contributed by atoms with Gasteiger partial charge in [0.05, 0.1) is 54.0 Å². The van der Waals surface area contributed by atoms with Crippen LogP contribution < -0.4 is 33.3 Å². The Morgan fingerprint density at radius 2 is 1.15 bits per heavy atom. The van der Waals surface area contributed by atoms with E-state index in [1.54, 1.807) is 42.7 Å². The lowest BCUT2D eigenvalue weighted by Gasteiger charge is -2.40. The molecule has 2 aromatic heterocycles. The summed E-state index contributed by atoms with van der Waals surface area (Å²) < 4.78 is 33.4. The summed E-state index contributed by atoms with van der Waals surface area (Å²) in [4.78, 5) is 14.7. The molecule has 0 saturated carbocycles. The van der Waals surface area contributed by atoms with Crippen molar-refractivity contribution in [2.45, 2.75) is 45.3 Å². The molecule has 0 N–H and O–H groups in total. The number of piperidine rings is 1. The zero-order valence-corrected chi connectivity index (χ0v) is 31.8. The first kappa shape index (κ1) is 37.3. The van der Waals surface area contributed by atoms with Gasteiger partial charge in [-0.1, -0.05) is 25.1 Å². The average molecular weight is 719 g/mol. The number of benzene rings is 3. The lowest BCUT2D eigenvalue weighted by atomic mass is 10.00. The molecule has 278 valence electrons. The fourth-order valence-corrected chi connectivity index (χ4v) is 7.08. The van der Waals surface area contributed by atoms with Gasteiger partial charge < -0.3 is 33.3 Å². The molecular weight excluding hydrogens is 668 g/mol. The third-order valence-corrected chi connectivity index (χ3v) is 10.0. The topological polar surface area (TPSA) is 87.6 Å². The van der Waals surface area contributed by atoms with E-state index < -0.39 is 0 Å². The van der Waals surface area contributed by atoms with Crippen molar-refractivity contribution >= 4 is 5.69 Å². The molecule has 6 rings (SSSR count). The van der Waals surface area contributed by atoms with Crippen LogP contribution in [0.3, 0.4) is 0 Å². The Morgan fingerprint density at radius 1 is 0.604 bits per heavy atom. The van der Waals surface area contributed by atoms with Crippen LogP contribution in [0.5, 0.6) is 34.5 Å². The van der Waals surface area contributed by atoms with Crippen LogP contribution in [0.25, 0.3) is 22.5 Å². The van der Waals surface area contributed by atoms with Crippen molar-refractivity contribution in [2.24, 2.45) is 0 Å². The highest BCUT2D eigenvalue weighted by molar-refractivity contribution is 5.70. The molecule has 10 nitrogen and oxygen atoms in total. The van der Waals surface area contributed by atoms with Crippen LogP contribution in [0.1, 0.15) is 36.5 Å². The Kier molecular flexibility index (Phi) is 12.2. The van der Waals surface area contributed by atoms with Gasteiger partial charge in [0.15, 0.2) is 23.0 Å². The molecule has 0 atom stereocenters. The molecule has 0 unspecified atom stereocenters. The van der Waals surface area contributed by atoms with Crippen molar-refractivity contribution in [3.8, 4) is 57.0 Å². The van der Waals surface area contributed by atoms with Gasteiger partial charge in [-0.15, -0.1) is 0 Å². The number of methoxy groups -OCH3 is 6. The van der Waals surface area contributed by atoms with E-state index >= 15 is 0 Å². The Labute approximate surface area is 313 Å². The summed E-state index contributed by atoms with van der Waals surface area (Å²) >= 11 is 0. The molecule has 3 heterocycles. The maximum atomic E-state index is 5.59. The van der Waals surface area contributed by atoms with E-state index in [2.05, 4.69) is 70.2 Å². The molecule has 1 saturated heterocycles. The summed E-state index contributed by atoms with van der Waals surface area (Å²) in [6, 6.07) is 25.7. The minimum absolute atomic E-state index is 0.390. The monoisotopic (exact) mass is 718 g/mol. The van der Waals surface area contributed by atoms with Crippen molar-refractivity contribution in [3.05, 3.63) is 102 Å². The van der Waals surface area contributed by atoms with Crippen molar-refractivity contribution in [2.75, 3.05) is 60.6 Å². The maximum absolute atomic E-state index is 5.59. The first-order valence-corrected chi connectivity index (χ1v) is 18.0. The number of aromatic nitrogens is 2. The third-order valence-electron chi connectivity index (χ3n) is 10.0. The number of hydrogen-bond donors (Lipinski definition) is 0. The van der Waals surface area contributed by atoms with E-state index in [9.17, 15) is 0 Å². The molecule has 1 aliphatic rings. The summed E-state index contributed by atoms with van der Waals surface area (Å²) in [7, 11) is 9.72. The van der Waals surface area contributed by atoms with E-state index in [1.165, 1.54) is 16.8 Å². The van der Waals surface area contributed by atoms with Crippen LogP contribution in [0.4, 0.5) is 5.69 Å². The number of ether oxygens (including phenoxy) is 6. The zero-order chi connectivity index (χ0) is 37.3. The number of pyridine rings is 2. The van der Waals surface area contributed by atoms with E-state index in [1.807, 2.05) is 36.7 Å². The SMILES string of the molecule is CCc1ccc(N(Cc2ccc(-c3cc(OC)c(OC)c(OC)c3)nc2)C2CCN(Cc3ccnc(-c4cc(OC)c(OC)c(OC)c4)c3)CC2)cc1. The molecule has 1 aliphatic heterocycles. The smallest absolute Gasteiger partial charge is 0.203 e. The van der Waals surface area contributed by atoms with Gasteiger partial charge in [0, 0.05) is 61.4 Å². The van der Waals surface area contributed by atoms with Gasteiger partial charge in [0.2, 0.25) is 11.5 Å². The number of aryl methyl sites for hydroxylation is 1. The number of anilines is 1. The summed E-state index contributed by atoms with van der Waals surface area (Å²) in [5.74, 6) is 3.54. The molecule has 0 radical (unpaired) electrons.